The molecule has 6 nitrogen and oxygen atoms in total. The number of benzene rings is 1. The van der Waals surface area contributed by atoms with Gasteiger partial charge in [0.1, 0.15) is 0 Å². The molecule has 2 amide bonds. The molecule has 1 fully saturated rings. The van der Waals surface area contributed by atoms with E-state index in [0.717, 1.165) is 22.3 Å². The first-order chi connectivity index (χ1) is 13.4. The van der Waals surface area contributed by atoms with E-state index in [0.29, 0.717) is 32.4 Å². The minimum absolute atomic E-state index is 0.263. The molecule has 0 radical (unpaired) electrons. The molecule has 1 aliphatic heterocycles. The second kappa shape index (κ2) is 9.08. The molecule has 146 valence electrons. The van der Waals surface area contributed by atoms with Gasteiger partial charge < -0.3 is 9.47 Å². The van der Waals surface area contributed by atoms with E-state index >= 15 is 0 Å². The van der Waals surface area contributed by atoms with Crippen LogP contribution < -0.4 is 14.9 Å². The molecular formula is C18H15BrN2O4S3. The number of thioether (sulfide) groups is 1. The number of methoxy groups -OCH3 is 1. The molecule has 3 rings (SSSR count). The van der Waals surface area contributed by atoms with Crippen molar-refractivity contribution in [3.63, 3.8) is 0 Å². The highest BCUT2D eigenvalue weighted by Crippen LogP contribution is 2.38. The predicted molar refractivity (Wildman–Crippen MR) is 119 cm³/mol. The van der Waals surface area contributed by atoms with Crippen LogP contribution in [0.3, 0.4) is 0 Å². The van der Waals surface area contributed by atoms with E-state index < -0.39 is 0 Å². The standard InChI is InChI=1S/C18H15BrN2O4S3/c1-3-25-12-8-10(7-11(19)15(12)24-2)9-14-17(23)21(18(26)28-14)20-16(22)13-5-4-6-27-13/h4-9H,3H2,1-2H3,(H,20,22)/b14-9+. The van der Waals surface area contributed by atoms with Gasteiger partial charge >= 0.3 is 0 Å². The van der Waals surface area contributed by atoms with Gasteiger partial charge in [0.05, 0.1) is 28.0 Å². The number of halogens is 1. The Kier molecular flexibility index (Phi) is 6.76. The highest BCUT2D eigenvalue weighted by Gasteiger charge is 2.34. The molecule has 0 bridgehead atoms. The maximum atomic E-state index is 12.7. The summed E-state index contributed by atoms with van der Waals surface area (Å²) in [6.07, 6.45) is 1.70. The van der Waals surface area contributed by atoms with Crippen LogP contribution in [0.5, 0.6) is 11.5 Å². The van der Waals surface area contributed by atoms with E-state index in [4.69, 9.17) is 21.7 Å². The number of carbonyl (C=O) groups excluding carboxylic acids is 2. The molecular weight excluding hydrogens is 484 g/mol. The summed E-state index contributed by atoms with van der Waals surface area (Å²) in [5, 5.41) is 2.88. The number of amides is 2. The van der Waals surface area contributed by atoms with Gasteiger partial charge in [0.15, 0.2) is 15.8 Å². The molecule has 28 heavy (non-hydrogen) atoms. The monoisotopic (exact) mass is 498 g/mol. The molecule has 2 aromatic rings. The maximum absolute atomic E-state index is 12.7. The first-order valence-electron chi connectivity index (χ1n) is 8.07. The summed E-state index contributed by atoms with van der Waals surface area (Å²) >= 11 is 11.1. The van der Waals surface area contributed by atoms with E-state index in [1.165, 1.54) is 11.3 Å². The molecule has 1 N–H and O–H groups in total. The summed E-state index contributed by atoms with van der Waals surface area (Å²) in [5.74, 6) is 0.380. The van der Waals surface area contributed by atoms with Crippen molar-refractivity contribution in [3.8, 4) is 11.5 Å². The Labute approximate surface area is 184 Å². The van der Waals surface area contributed by atoms with Gasteiger partial charge in [-0.1, -0.05) is 17.8 Å². The molecule has 1 saturated heterocycles. The lowest BCUT2D eigenvalue weighted by Gasteiger charge is -2.14. The quantitative estimate of drug-likeness (QED) is 0.468. The van der Waals surface area contributed by atoms with Crippen molar-refractivity contribution < 1.29 is 19.1 Å². The van der Waals surface area contributed by atoms with Crippen LogP contribution in [0.4, 0.5) is 0 Å². The Morgan fingerprint density at radius 1 is 1.43 bits per heavy atom. The van der Waals surface area contributed by atoms with Gasteiger partial charge in [-0.3, -0.25) is 15.0 Å². The summed E-state index contributed by atoms with van der Waals surface area (Å²) in [5.41, 5.74) is 3.29. The number of thiocarbonyl (C=S) groups is 1. The van der Waals surface area contributed by atoms with Gasteiger partial charge in [0.25, 0.3) is 11.8 Å². The summed E-state index contributed by atoms with van der Waals surface area (Å²) in [6, 6.07) is 7.04. The zero-order valence-electron chi connectivity index (χ0n) is 14.9. The minimum Gasteiger partial charge on any atom is -0.492 e. The van der Waals surface area contributed by atoms with Crippen LogP contribution in [0.1, 0.15) is 22.2 Å². The van der Waals surface area contributed by atoms with Crippen LogP contribution in [-0.2, 0) is 4.79 Å². The van der Waals surface area contributed by atoms with Crippen molar-refractivity contribution >= 4 is 73.5 Å². The van der Waals surface area contributed by atoms with Gasteiger partial charge in [-0.25, -0.2) is 0 Å². The van der Waals surface area contributed by atoms with Crippen molar-refractivity contribution in [1.82, 2.24) is 10.4 Å². The normalized spacial score (nSPS) is 15.2. The fourth-order valence-corrected chi connectivity index (χ4v) is 4.83. The number of nitrogens with zero attached hydrogens (tertiary/aromatic N) is 1. The van der Waals surface area contributed by atoms with E-state index in [-0.39, 0.29) is 16.1 Å². The number of hydrogen-bond donors (Lipinski definition) is 1. The Morgan fingerprint density at radius 3 is 2.86 bits per heavy atom. The zero-order chi connectivity index (χ0) is 20.3. The van der Waals surface area contributed by atoms with Crippen molar-refractivity contribution in [1.29, 1.82) is 0 Å². The average Bonchev–Trinajstić information content (AvgIpc) is 3.27. The minimum atomic E-state index is -0.384. The fraction of sp³-hybridized carbons (Fsp3) is 0.167. The molecule has 0 atom stereocenters. The van der Waals surface area contributed by atoms with Crippen LogP contribution in [0.15, 0.2) is 39.0 Å². The number of hydrogen-bond acceptors (Lipinski definition) is 7. The van der Waals surface area contributed by atoms with Gasteiger partial charge in [0.2, 0.25) is 0 Å². The Balaban J connectivity index is 1.84. The number of nitrogens with one attached hydrogen (secondary N) is 1. The fourth-order valence-electron chi connectivity index (χ4n) is 2.41. The Bertz CT molecular complexity index is 960. The van der Waals surface area contributed by atoms with E-state index in [2.05, 4.69) is 21.4 Å². The zero-order valence-corrected chi connectivity index (χ0v) is 18.9. The molecule has 0 spiro atoms. The van der Waals surface area contributed by atoms with Crippen LogP contribution in [0.2, 0.25) is 0 Å². The molecule has 10 heteroatoms. The number of hydrazine groups is 1. The van der Waals surface area contributed by atoms with E-state index in [9.17, 15) is 9.59 Å². The molecule has 0 aliphatic carbocycles. The molecule has 1 aliphatic rings. The topological polar surface area (TPSA) is 67.9 Å². The highest BCUT2D eigenvalue weighted by atomic mass is 79.9. The highest BCUT2D eigenvalue weighted by molar-refractivity contribution is 9.10. The SMILES string of the molecule is CCOc1cc(/C=C2/SC(=S)N(NC(=O)c3cccs3)C2=O)cc(Br)c1OC. The second-order valence-corrected chi connectivity index (χ2v) is 8.88. The molecule has 2 heterocycles. The van der Waals surface area contributed by atoms with Crippen LogP contribution >= 0.6 is 51.2 Å². The smallest absolute Gasteiger partial charge is 0.285 e. The van der Waals surface area contributed by atoms with Crippen LogP contribution in [0.25, 0.3) is 6.08 Å². The first kappa shape index (κ1) is 20.8. The maximum Gasteiger partial charge on any atom is 0.285 e. The van der Waals surface area contributed by atoms with Crippen molar-refractivity contribution in [2.24, 2.45) is 0 Å². The number of ether oxygens (including phenoxy) is 2. The predicted octanol–water partition coefficient (Wildman–Crippen LogP) is 4.46. The molecule has 0 unspecified atom stereocenters. The van der Waals surface area contributed by atoms with Gasteiger partial charge in [-0.15, -0.1) is 11.3 Å². The van der Waals surface area contributed by atoms with Crippen molar-refractivity contribution in [3.05, 3.63) is 49.5 Å². The summed E-state index contributed by atoms with van der Waals surface area (Å²) < 4.78 is 11.9. The lowest BCUT2D eigenvalue weighted by atomic mass is 10.2. The van der Waals surface area contributed by atoms with E-state index in [1.54, 1.807) is 36.8 Å². The van der Waals surface area contributed by atoms with Crippen LogP contribution in [-0.4, -0.2) is 34.9 Å². The van der Waals surface area contributed by atoms with E-state index in [1.807, 2.05) is 13.0 Å². The van der Waals surface area contributed by atoms with Crippen LogP contribution in [0, 0.1) is 0 Å². The first-order valence-corrected chi connectivity index (χ1v) is 11.0. The van der Waals surface area contributed by atoms with Gasteiger partial charge in [0, 0.05) is 0 Å². The Morgan fingerprint density at radius 2 is 2.21 bits per heavy atom. The molecule has 1 aromatic carbocycles. The summed E-state index contributed by atoms with van der Waals surface area (Å²) in [6.45, 7) is 2.35. The van der Waals surface area contributed by atoms with Gasteiger partial charge in [-0.05, 0) is 70.3 Å². The largest absolute Gasteiger partial charge is 0.492 e. The van der Waals surface area contributed by atoms with Gasteiger partial charge in [-0.2, -0.15) is 5.01 Å². The third kappa shape index (κ3) is 4.40. The third-order valence-electron chi connectivity index (χ3n) is 3.59. The average molecular weight is 499 g/mol. The number of thiophene rings is 1. The lowest BCUT2D eigenvalue weighted by molar-refractivity contribution is -0.123. The third-order valence-corrected chi connectivity index (χ3v) is 6.35. The lowest BCUT2D eigenvalue weighted by Crippen LogP contribution is -2.44. The molecule has 1 aromatic heterocycles. The molecule has 0 saturated carbocycles. The Hall–Kier alpha value is -1.88. The number of carbonyl (C=O) groups is 2. The second-order valence-electron chi connectivity index (χ2n) is 5.40. The van der Waals surface area contributed by atoms with Crippen molar-refractivity contribution in [2.75, 3.05) is 13.7 Å². The van der Waals surface area contributed by atoms with Crippen molar-refractivity contribution in [2.45, 2.75) is 6.92 Å². The summed E-state index contributed by atoms with van der Waals surface area (Å²) in [4.78, 5) is 25.8. The number of rotatable bonds is 6. The summed E-state index contributed by atoms with van der Waals surface area (Å²) in [7, 11) is 1.56.